The standard InChI is InChI=1S/C18H26N2O3.ClH/c1-17(2,16(21)20-7-6-18(3,11-19)12-20)13-4-5-14-15(10-13)23-9-8-22-14;/h4-5,10H,6-9,11-12,19H2,1-3H3;1H. The highest BCUT2D eigenvalue weighted by molar-refractivity contribution is 5.88. The van der Waals surface area contributed by atoms with Gasteiger partial charge in [-0.05, 0) is 49.9 Å². The third-order valence-corrected chi connectivity index (χ3v) is 5.14. The molecule has 1 aromatic carbocycles. The van der Waals surface area contributed by atoms with E-state index in [0.29, 0.717) is 19.8 Å². The number of hydrogen-bond donors (Lipinski definition) is 1. The minimum atomic E-state index is -0.602. The van der Waals surface area contributed by atoms with Gasteiger partial charge in [-0.2, -0.15) is 0 Å². The van der Waals surface area contributed by atoms with Crippen molar-refractivity contribution in [2.45, 2.75) is 32.6 Å². The third kappa shape index (κ3) is 3.33. The molecule has 0 bridgehead atoms. The van der Waals surface area contributed by atoms with E-state index in [2.05, 4.69) is 6.92 Å². The summed E-state index contributed by atoms with van der Waals surface area (Å²) < 4.78 is 11.2. The summed E-state index contributed by atoms with van der Waals surface area (Å²) in [4.78, 5) is 15.0. The molecule has 2 N–H and O–H groups in total. The van der Waals surface area contributed by atoms with Gasteiger partial charge in [0.15, 0.2) is 11.5 Å². The van der Waals surface area contributed by atoms with Gasteiger partial charge in [0.05, 0.1) is 5.41 Å². The molecule has 3 rings (SSSR count). The molecule has 24 heavy (non-hydrogen) atoms. The first kappa shape index (κ1) is 18.9. The van der Waals surface area contributed by atoms with Gasteiger partial charge in [-0.15, -0.1) is 12.4 Å². The fourth-order valence-corrected chi connectivity index (χ4v) is 3.31. The number of fused-ring (bicyclic) bond motifs is 1. The van der Waals surface area contributed by atoms with Crippen molar-refractivity contribution in [3.8, 4) is 11.5 Å². The van der Waals surface area contributed by atoms with E-state index >= 15 is 0 Å². The number of carbonyl (C=O) groups is 1. The molecule has 1 atom stereocenters. The third-order valence-electron chi connectivity index (χ3n) is 5.14. The molecule has 6 heteroatoms. The van der Waals surface area contributed by atoms with Crippen molar-refractivity contribution in [3.05, 3.63) is 23.8 Å². The lowest BCUT2D eigenvalue weighted by atomic mass is 9.82. The first-order chi connectivity index (χ1) is 10.9. The SMILES string of the molecule is CC1(CN)CCN(C(=O)C(C)(C)c2ccc3c(c2)OCCO3)C1.Cl. The van der Waals surface area contributed by atoms with Crippen molar-refractivity contribution in [2.24, 2.45) is 11.1 Å². The van der Waals surface area contributed by atoms with Crippen LogP contribution in [0.4, 0.5) is 0 Å². The maximum absolute atomic E-state index is 13.1. The number of likely N-dealkylation sites (tertiary alicyclic amines) is 1. The number of carbonyl (C=O) groups excluding carboxylic acids is 1. The summed E-state index contributed by atoms with van der Waals surface area (Å²) in [5.41, 5.74) is 6.25. The van der Waals surface area contributed by atoms with Gasteiger partial charge in [0, 0.05) is 13.1 Å². The number of halogens is 1. The van der Waals surface area contributed by atoms with Crippen LogP contribution in [0.3, 0.4) is 0 Å². The minimum absolute atomic E-state index is 0. The van der Waals surface area contributed by atoms with E-state index in [9.17, 15) is 4.79 Å². The van der Waals surface area contributed by atoms with Gasteiger partial charge in [0.25, 0.3) is 0 Å². The Morgan fingerprint density at radius 1 is 1.29 bits per heavy atom. The van der Waals surface area contributed by atoms with Crippen LogP contribution in [0, 0.1) is 5.41 Å². The fourth-order valence-electron chi connectivity index (χ4n) is 3.31. The molecule has 2 aliphatic heterocycles. The largest absolute Gasteiger partial charge is 0.486 e. The van der Waals surface area contributed by atoms with E-state index < -0.39 is 5.41 Å². The summed E-state index contributed by atoms with van der Waals surface area (Å²) in [6.45, 7) is 9.33. The molecule has 1 aromatic rings. The predicted molar refractivity (Wildman–Crippen MR) is 96.1 cm³/mol. The Hall–Kier alpha value is -1.46. The summed E-state index contributed by atoms with van der Waals surface area (Å²) in [6, 6.07) is 5.79. The van der Waals surface area contributed by atoms with Crippen molar-refractivity contribution < 1.29 is 14.3 Å². The summed E-state index contributed by atoms with van der Waals surface area (Å²) in [6.07, 6.45) is 0.965. The molecule has 0 aromatic heterocycles. The molecule has 5 nitrogen and oxygen atoms in total. The first-order valence-electron chi connectivity index (χ1n) is 8.25. The Morgan fingerprint density at radius 3 is 2.58 bits per heavy atom. The summed E-state index contributed by atoms with van der Waals surface area (Å²) in [5, 5.41) is 0. The van der Waals surface area contributed by atoms with Crippen LogP contribution in [0.5, 0.6) is 11.5 Å². The molecule has 1 unspecified atom stereocenters. The van der Waals surface area contributed by atoms with E-state index in [-0.39, 0.29) is 23.7 Å². The minimum Gasteiger partial charge on any atom is -0.486 e. The van der Waals surface area contributed by atoms with Crippen LogP contribution in [0.25, 0.3) is 0 Å². The Balaban J connectivity index is 0.00000208. The van der Waals surface area contributed by atoms with E-state index in [1.54, 1.807) is 0 Å². The van der Waals surface area contributed by atoms with E-state index in [1.165, 1.54) is 0 Å². The van der Waals surface area contributed by atoms with E-state index in [0.717, 1.165) is 36.6 Å². The summed E-state index contributed by atoms with van der Waals surface area (Å²) in [7, 11) is 0. The topological polar surface area (TPSA) is 64.8 Å². The van der Waals surface area contributed by atoms with Crippen LogP contribution in [0.15, 0.2) is 18.2 Å². The number of benzene rings is 1. The van der Waals surface area contributed by atoms with Gasteiger partial charge < -0.3 is 20.1 Å². The number of amides is 1. The molecule has 0 saturated carbocycles. The second-order valence-electron chi connectivity index (χ2n) is 7.47. The van der Waals surface area contributed by atoms with E-state index in [4.69, 9.17) is 15.2 Å². The molecule has 1 fully saturated rings. The number of nitrogens with two attached hydrogens (primary N) is 1. The molecular weight excluding hydrogens is 328 g/mol. The van der Waals surface area contributed by atoms with Crippen LogP contribution in [0.2, 0.25) is 0 Å². The Kier molecular flexibility index (Phi) is 5.35. The van der Waals surface area contributed by atoms with Crippen LogP contribution >= 0.6 is 12.4 Å². The van der Waals surface area contributed by atoms with Crippen molar-refractivity contribution in [3.63, 3.8) is 0 Å². The lowest BCUT2D eigenvalue weighted by molar-refractivity contribution is -0.135. The first-order valence-corrected chi connectivity index (χ1v) is 8.25. The lowest BCUT2D eigenvalue weighted by Gasteiger charge is -2.31. The number of hydrogen-bond acceptors (Lipinski definition) is 4. The monoisotopic (exact) mass is 354 g/mol. The second-order valence-corrected chi connectivity index (χ2v) is 7.47. The zero-order chi connectivity index (χ0) is 16.7. The van der Waals surface area contributed by atoms with Crippen molar-refractivity contribution in [1.29, 1.82) is 0 Å². The van der Waals surface area contributed by atoms with Crippen LogP contribution in [0.1, 0.15) is 32.8 Å². The van der Waals surface area contributed by atoms with Gasteiger partial charge >= 0.3 is 0 Å². The zero-order valence-corrected chi connectivity index (χ0v) is 15.4. The molecule has 0 radical (unpaired) electrons. The Labute approximate surface area is 149 Å². The molecule has 1 amide bonds. The second kappa shape index (κ2) is 6.81. The van der Waals surface area contributed by atoms with Gasteiger partial charge in [-0.3, -0.25) is 4.79 Å². The van der Waals surface area contributed by atoms with E-state index in [1.807, 2.05) is 36.9 Å². The van der Waals surface area contributed by atoms with Gasteiger partial charge in [0.2, 0.25) is 5.91 Å². The number of nitrogens with zero attached hydrogens (tertiary/aromatic N) is 1. The normalized spacial score (nSPS) is 22.9. The average Bonchev–Trinajstić information content (AvgIpc) is 2.96. The van der Waals surface area contributed by atoms with Crippen LogP contribution in [-0.4, -0.2) is 43.7 Å². The Bertz CT molecular complexity index is 620. The maximum atomic E-state index is 13.1. The van der Waals surface area contributed by atoms with Crippen molar-refractivity contribution in [1.82, 2.24) is 4.90 Å². The molecule has 134 valence electrons. The summed E-state index contributed by atoms with van der Waals surface area (Å²) >= 11 is 0. The molecule has 2 heterocycles. The molecule has 2 aliphatic rings. The van der Waals surface area contributed by atoms with Crippen molar-refractivity contribution >= 4 is 18.3 Å². The van der Waals surface area contributed by atoms with Gasteiger partial charge in [0.1, 0.15) is 13.2 Å². The highest BCUT2D eigenvalue weighted by Crippen LogP contribution is 2.37. The summed E-state index contributed by atoms with van der Waals surface area (Å²) in [5.74, 6) is 1.62. The average molecular weight is 355 g/mol. The zero-order valence-electron chi connectivity index (χ0n) is 14.6. The Morgan fingerprint density at radius 2 is 1.96 bits per heavy atom. The molecular formula is C18H27ClN2O3. The maximum Gasteiger partial charge on any atom is 0.232 e. The van der Waals surface area contributed by atoms with Gasteiger partial charge in [-0.1, -0.05) is 13.0 Å². The number of rotatable bonds is 3. The lowest BCUT2D eigenvalue weighted by Crippen LogP contribution is -2.43. The predicted octanol–water partition coefficient (Wildman–Crippen LogP) is 2.35. The molecule has 1 saturated heterocycles. The van der Waals surface area contributed by atoms with Crippen LogP contribution < -0.4 is 15.2 Å². The number of ether oxygens (including phenoxy) is 2. The highest BCUT2D eigenvalue weighted by atomic mass is 35.5. The van der Waals surface area contributed by atoms with Gasteiger partial charge in [-0.25, -0.2) is 0 Å². The van der Waals surface area contributed by atoms with Crippen LogP contribution in [-0.2, 0) is 10.2 Å². The van der Waals surface area contributed by atoms with Crippen molar-refractivity contribution in [2.75, 3.05) is 32.8 Å². The highest BCUT2D eigenvalue weighted by Gasteiger charge is 2.41. The molecule has 0 spiro atoms. The fraction of sp³-hybridized carbons (Fsp3) is 0.611. The smallest absolute Gasteiger partial charge is 0.232 e. The quantitative estimate of drug-likeness (QED) is 0.905. The molecule has 0 aliphatic carbocycles.